The first kappa shape index (κ1) is 29.9. The summed E-state index contributed by atoms with van der Waals surface area (Å²) >= 11 is 0. The van der Waals surface area contributed by atoms with Crippen LogP contribution in [0, 0.1) is 0 Å². The van der Waals surface area contributed by atoms with Crippen LogP contribution in [-0.2, 0) is 0 Å². The van der Waals surface area contributed by atoms with Crippen LogP contribution in [0.2, 0.25) is 0 Å². The Labute approximate surface area is 301 Å². The normalized spacial score (nSPS) is 11.5. The molecule has 0 aliphatic carbocycles. The number of pyridine rings is 1. The van der Waals surface area contributed by atoms with Gasteiger partial charge >= 0.3 is 0 Å². The van der Waals surface area contributed by atoms with Gasteiger partial charge < -0.3 is 0 Å². The first-order chi connectivity index (χ1) is 25.7. The van der Waals surface area contributed by atoms with E-state index >= 15 is 0 Å². The maximum Gasteiger partial charge on any atom is 0.160 e. The van der Waals surface area contributed by atoms with Crippen molar-refractivity contribution in [3.8, 4) is 67.4 Å². The molecule has 3 nitrogen and oxygen atoms in total. The molecular weight excluding hydrogens is 631 g/mol. The fourth-order valence-corrected chi connectivity index (χ4v) is 7.56. The lowest BCUT2D eigenvalue weighted by Gasteiger charge is -2.17. The lowest BCUT2D eigenvalue weighted by Crippen LogP contribution is -1.97. The quantitative estimate of drug-likeness (QED) is 0.166. The molecule has 2 aromatic heterocycles. The Morgan fingerprint density at radius 2 is 0.885 bits per heavy atom. The van der Waals surface area contributed by atoms with Gasteiger partial charge in [-0.3, -0.25) is 4.98 Å². The number of rotatable bonds is 6. The third-order valence-electron chi connectivity index (χ3n) is 10.0. The molecule has 0 aliphatic rings. The molecule has 0 saturated heterocycles. The van der Waals surface area contributed by atoms with Gasteiger partial charge in [-0.15, -0.1) is 0 Å². The third kappa shape index (κ3) is 5.28. The molecular formula is C49H31N3. The highest BCUT2D eigenvalue weighted by atomic mass is 14.9. The van der Waals surface area contributed by atoms with E-state index in [2.05, 4.69) is 163 Å². The van der Waals surface area contributed by atoms with Crippen LogP contribution in [0.4, 0.5) is 0 Å². The number of aromatic nitrogens is 3. The molecule has 0 unspecified atom stereocenters. The molecule has 0 fully saturated rings. The fraction of sp³-hybridized carbons (Fsp3) is 0. The smallest absolute Gasteiger partial charge is 0.160 e. The standard InChI is InChI=1S/C49H31N3/c1-3-12-32(13-4-1)45-31-46(33-14-5-2-6-15-33)52-49(51-45)41-28-39(36-18-10-19-37(26-36)44-22-7-8-25-50-44)27-40(29-41)43-30-38-20-9-16-34-23-24-35-17-11-21-42(43)48(35)47(34)38/h1-31H. The SMILES string of the molecule is c1ccc(-c2cc(-c3ccccc3)nc(-c3cc(-c4cccc(-c5ccccn5)c4)cc(-c4cc5cccc6ccc7cccc4c7c65)c3)n2)cc1. The minimum atomic E-state index is 0.682. The van der Waals surface area contributed by atoms with Crippen LogP contribution in [0.15, 0.2) is 188 Å². The molecule has 0 atom stereocenters. The van der Waals surface area contributed by atoms with Crippen LogP contribution >= 0.6 is 0 Å². The van der Waals surface area contributed by atoms with Crippen molar-refractivity contribution in [2.45, 2.75) is 0 Å². The Morgan fingerprint density at radius 3 is 1.62 bits per heavy atom. The average molecular weight is 662 g/mol. The Hall–Kier alpha value is -6.97. The summed E-state index contributed by atoms with van der Waals surface area (Å²) in [7, 11) is 0. The van der Waals surface area contributed by atoms with Gasteiger partial charge in [0.05, 0.1) is 17.1 Å². The van der Waals surface area contributed by atoms with Crippen molar-refractivity contribution in [3.05, 3.63) is 188 Å². The molecule has 10 aromatic rings. The number of hydrogen-bond acceptors (Lipinski definition) is 3. The van der Waals surface area contributed by atoms with E-state index in [0.29, 0.717) is 5.82 Å². The molecule has 3 heteroatoms. The van der Waals surface area contributed by atoms with E-state index < -0.39 is 0 Å². The van der Waals surface area contributed by atoms with Crippen molar-refractivity contribution >= 4 is 32.3 Å². The van der Waals surface area contributed by atoms with Gasteiger partial charge in [-0.05, 0) is 103 Å². The van der Waals surface area contributed by atoms with E-state index in [0.717, 1.165) is 56.0 Å². The molecule has 2 heterocycles. The van der Waals surface area contributed by atoms with Gasteiger partial charge in [0.1, 0.15) is 0 Å². The number of benzene rings is 8. The molecule has 0 spiro atoms. The van der Waals surface area contributed by atoms with E-state index in [9.17, 15) is 0 Å². The monoisotopic (exact) mass is 661 g/mol. The van der Waals surface area contributed by atoms with Crippen molar-refractivity contribution in [3.63, 3.8) is 0 Å². The maximum absolute atomic E-state index is 5.25. The zero-order chi connectivity index (χ0) is 34.4. The van der Waals surface area contributed by atoms with Crippen molar-refractivity contribution < 1.29 is 0 Å². The molecule has 10 rings (SSSR count). The summed E-state index contributed by atoms with van der Waals surface area (Å²) in [6.45, 7) is 0. The van der Waals surface area contributed by atoms with Gasteiger partial charge in [0.2, 0.25) is 0 Å². The largest absolute Gasteiger partial charge is 0.256 e. The van der Waals surface area contributed by atoms with Gasteiger partial charge in [-0.2, -0.15) is 0 Å². The second kappa shape index (κ2) is 12.4. The highest BCUT2D eigenvalue weighted by molar-refractivity contribution is 6.26. The minimum absolute atomic E-state index is 0.682. The molecule has 0 aliphatic heterocycles. The third-order valence-corrected chi connectivity index (χ3v) is 10.0. The van der Waals surface area contributed by atoms with E-state index in [4.69, 9.17) is 9.97 Å². The van der Waals surface area contributed by atoms with Gasteiger partial charge in [0.15, 0.2) is 5.82 Å². The average Bonchev–Trinajstić information content (AvgIpc) is 3.23. The highest BCUT2D eigenvalue weighted by Gasteiger charge is 2.17. The lowest BCUT2D eigenvalue weighted by molar-refractivity contribution is 1.18. The second-order valence-corrected chi connectivity index (χ2v) is 13.3. The molecule has 52 heavy (non-hydrogen) atoms. The summed E-state index contributed by atoms with van der Waals surface area (Å²) in [4.78, 5) is 15.2. The molecule has 0 saturated carbocycles. The zero-order valence-electron chi connectivity index (χ0n) is 28.2. The Balaban J connectivity index is 1.25. The Morgan fingerprint density at radius 1 is 0.308 bits per heavy atom. The minimum Gasteiger partial charge on any atom is -0.256 e. The van der Waals surface area contributed by atoms with Crippen molar-refractivity contribution in [2.24, 2.45) is 0 Å². The molecule has 0 bridgehead atoms. The zero-order valence-corrected chi connectivity index (χ0v) is 28.2. The summed E-state index contributed by atoms with van der Waals surface area (Å²) in [6, 6.07) is 64.4. The van der Waals surface area contributed by atoms with Crippen LogP contribution < -0.4 is 0 Å². The Kier molecular flexibility index (Phi) is 7.14. The molecule has 0 N–H and O–H groups in total. The molecule has 0 amide bonds. The maximum atomic E-state index is 5.25. The predicted octanol–water partition coefficient (Wildman–Crippen LogP) is 12.8. The second-order valence-electron chi connectivity index (χ2n) is 13.3. The first-order valence-electron chi connectivity index (χ1n) is 17.6. The van der Waals surface area contributed by atoms with Crippen LogP contribution in [0.1, 0.15) is 0 Å². The summed E-state index contributed by atoms with van der Waals surface area (Å²) in [5.74, 6) is 0.682. The Bertz CT molecular complexity index is 2820. The van der Waals surface area contributed by atoms with Crippen molar-refractivity contribution in [1.82, 2.24) is 15.0 Å². The van der Waals surface area contributed by atoms with Gasteiger partial charge in [0, 0.05) is 28.5 Å². The van der Waals surface area contributed by atoms with Crippen LogP contribution in [0.3, 0.4) is 0 Å². The van der Waals surface area contributed by atoms with Gasteiger partial charge in [-0.1, -0.05) is 133 Å². The van der Waals surface area contributed by atoms with E-state index in [-0.39, 0.29) is 0 Å². The molecule has 8 aromatic carbocycles. The molecule has 0 radical (unpaired) electrons. The topological polar surface area (TPSA) is 38.7 Å². The number of hydrogen-bond donors (Lipinski definition) is 0. The summed E-state index contributed by atoms with van der Waals surface area (Å²) in [6.07, 6.45) is 1.84. The summed E-state index contributed by atoms with van der Waals surface area (Å²) in [5.41, 5.74) is 11.3. The van der Waals surface area contributed by atoms with E-state index in [1.807, 2.05) is 30.5 Å². The predicted molar refractivity (Wildman–Crippen MR) is 216 cm³/mol. The number of nitrogens with zero attached hydrogens (tertiary/aromatic N) is 3. The van der Waals surface area contributed by atoms with Crippen molar-refractivity contribution in [2.75, 3.05) is 0 Å². The van der Waals surface area contributed by atoms with Crippen LogP contribution in [0.25, 0.3) is 99.7 Å². The van der Waals surface area contributed by atoms with Gasteiger partial charge in [0.25, 0.3) is 0 Å². The van der Waals surface area contributed by atoms with Gasteiger partial charge in [-0.25, -0.2) is 9.97 Å². The summed E-state index contributed by atoms with van der Waals surface area (Å²) in [5, 5.41) is 7.57. The van der Waals surface area contributed by atoms with Crippen molar-refractivity contribution in [1.29, 1.82) is 0 Å². The highest BCUT2D eigenvalue weighted by Crippen LogP contribution is 2.42. The van der Waals surface area contributed by atoms with E-state index in [1.54, 1.807) is 0 Å². The molecule has 242 valence electrons. The lowest BCUT2D eigenvalue weighted by atomic mass is 9.87. The van der Waals surface area contributed by atoms with Crippen LogP contribution in [-0.4, -0.2) is 15.0 Å². The van der Waals surface area contributed by atoms with E-state index in [1.165, 1.54) is 37.9 Å². The fourth-order valence-electron chi connectivity index (χ4n) is 7.56. The van der Waals surface area contributed by atoms with Crippen LogP contribution in [0.5, 0.6) is 0 Å². The first-order valence-corrected chi connectivity index (χ1v) is 17.6. The summed E-state index contributed by atoms with van der Waals surface area (Å²) < 4.78 is 0.